The minimum absolute atomic E-state index is 0.165. The molecular formula is C19H20N4O. The number of nitrogens with zero attached hydrogens (tertiary/aromatic N) is 2. The average Bonchev–Trinajstić information content (AvgIpc) is 3.04. The van der Waals surface area contributed by atoms with Gasteiger partial charge < -0.3 is 10.6 Å². The van der Waals surface area contributed by atoms with Gasteiger partial charge in [-0.15, -0.1) is 0 Å². The van der Waals surface area contributed by atoms with Crippen molar-refractivity contribution in [3.63, 3.8) is 0 Å². The van der Waals surface area contributed by atoms with E-state index in [2.05, 4.69) is 34.8 Å². The highest BCUT2D eigenvalue weighted by Gasteiger charge is 2.08. The zero-order chi connectivity index (χ0) is 16.9. The van der Waals surface area contributed by atoms with Crippen molar-refractivity contribution in [2.24, 2.45) is 7.05 Å². The standard InChI is InChI=1S/C19H20N4O/c1-14(15-6-4-3-5-7-15)21-17-8-10-18(11-9-17)22-19(24)16-12-20-23(2)13-16/h3-14,21H,1-2H3,(H,22,24)/t14-/m1/s1. The lowest BCUT2D eigenvalue weighted by Gasteiger charge is -2.16. The monoisotopic (exact) mass is 320 g/mol. The molecule has 3 aromatic rings. The van der Waals surface area contributed by atoms with Crippen LogP contribution in [0.5, 0.6) is 0 Å². The van der Waals surface area contributed by atoms with Crippen molar-refractivity contribution in [3.05, 3.63) is 78.1 Å². The van der Waals surface area contributed by atoms with Gasteiger partial charge in [-0.3, -0.25) is 9.48 Å². The van der Waals surface area contributed by atoms with Crippen molar-refractivity contribution in [3.8, 4) is 0 Å². The molecule has 1 atom stereocenters. The van der Waals surface area contributed by atoms with Crippen molar-refractivity contribution in [1.29, 1.82) is 0 Å². The third-order valence-electron chi connectivity index (χ3n) is 3.79. The van der Waals surface area contributed by atoms with E-state index in [0.717, 1.165) is 11.4 Å². The fraction of sp³-hybridized carbons (Fsp3) is 0.158. The fourth-order valence-electron chi connectivity index (χ4n) is 2.47. The molecular weight excluding hydrogens is 300 g/mol. The van der Waals surface area contributed by atoms with Crippen LogP contribution in [0.4, 0.5) is 11.4 Å². The van der Waals surface area contributed by atoms with Gasteiger partial charge in [0, 0.05) is 30.7 Å². The maximum Gasteiger partial charge on any atom is 0.258 e. The molecule has 0 bridgehead atoms. The van der Waals surface area contributed by atoms with Gasteiger partial charge in [-0.25, -0.2) is 0 Å². The molecule has 0 aliphatic heterocycles. The number of hydrogen-bond acceptors (Lipinski definition) is 3. The summed E-state index contributed by atoms with van der Waals surface area (Å²) in [5.41, 5.74) is 3.52. The average molecular weight is 320 g/mol. The van der Waals surface area contributed by atoms with Crippen LogP contribution < -0.4 is 10.6 Å². The van der Waals surface area contributed by atoms with Gasteiger partial charge in [-0.05, 0) is 36.8 Å². The summed E-state index contributed by atoms with van der Waals surface area (Å²) in [5, 5.41) is 10.3. The topological polar surface area (TPSA) is 58.9 Å². The van der Waals surface area contributed by atoms with E-state index in [1.807, 2.05) is 42.5 Å². The first-order chi connectivity index (χ1) is 11.6. The second-order valence-electron chi connectivity index (χ2n) is 5.71. The first-order valence-electron chi connectivity index (χ1n) is 7.83. The van der Waals surface area contributed by atoms with Crippen molar-refractivity contribution in [2.75, 3.05) is 10.6 Å². The van der Waals surface area contributed by atoms with Gasteiger partial charge in [0.25, 0.3) is 5.91 Å². The SMILES string of the molecule is C[C@@H](Nc1ccc(NC(=O)c2cnn(C)c2)cc1)c1ccccc1. The van der Waals surface area contributed by atoms with Crippen molar-refractivity contribution in [1.82, 2.24) is 9.78 Å². The summed E-state index contributed by atoms with van der Waals surface area (Å²) in [6.07, 6.45) is 3.24. The summed E-state index contributed by atoms with van der Waals surface area (Å²) < 4.78 is 1.60. The fourth-order valence-corrected chi connectivity index (χ4v) is 2.47. The number of aryl methyl sites for hydroxylation is 1. The smallest absolute Gasteiger partial charge is 0.258 e. The highest BCUT2D eigenvalue weighted by Crippen LogP contribution is 2.20. The lowest BCUT2D eigenvalue weighted by atomic mass is 10.1. The van der Waals surface area contributed by atoms with E-state index in [1.54, 1.807) is 24.1 Å². The van der Waals surface area contributed by atoms with E-state index >= 15 is 0 Å². The number of carbonyl (C=O) groups excluding carboxylic acids is 1. The van der Waals surface area contributed by atoms with Crippen molar-refractivity contribution < 1.29 is 4.79 Å². The molecule has 0 unspecified atom stereocenters. The third kappa shape index (κ3) is 3.81. The first-order valence-corrected chi connectivity index (χ1v) is 7.83. The largest absolute Gasteiger partial charge is 0.379 e. The Balaban J connectivity index is 1.62. The van der Waals surface area contributed by atoms with E-state index in [1.165, 1.54) is 5.56 Å². The summed E-state index contributed by atoms with van der Waals surface area (Å²) >= 11 is 0. The summed E-state index contributed by atoms with van der Waals surface area (Å²) in [6.45, 7) is 2.12. The molecule has 0 aliphatic rings. The van der Waals surface area contributed by atoms with Gasteiger partial charge in [-0.2, -0.15) is 5.10 Å². The normalized spacial score (nSPS) is 11.8. The van der Waals surface area contributed by atoms with Crippen LogP contribution in [0.2, 0.25) is 0 Å². The second kappa shape index (κ2) is 7.00. The van der Waals surface area contributed by atoms with Gasteiger partial charge in [-0.1, -0.05) is 30.3 Å². The first kappa shape index (κ1) is 15.8. The number of amides is 1. The predicted octanol–water partition coefficient (Wildman–Crippen LogP) is 3.85. The molecule has 0 fully saturated rings. The Hall–Kier alpha value is -3.08. The maximum absolute atomic E-state index is 12.1. The van der Waals surface area contributed by atoms with Crippen molar-refractivity contribution in [2.45, 2.75) is 13.0 Å². The van der Waals surface area contributed by atoms with Gasteiger partial charge in [0.2, 0.25) is 0 Å². The molecule has 1 heterocycles. The maximum atomic E-state index is 12.1. The van der Waals surface area contributed by atoms with Crippen LogP contribution in [0.15, 0.2) is 67.0 Å². The number of nitrogens with one attached hydrogen (secondary N) is 2. The van der Waals surface area contributed by atoms with Crippen LogP contribution in [-0.2, 0) is 7.05 Å². The number of aromatic nitrogens is 2. The number of carbonyl (C=O) groups is 1. The number of anilines is 2. The van der Waals surface area contributed by atoms with Crippen LogP contribution >= 0.6 is 0 Å². The Morgan fingerprint density at radius 1 is 1.04 bits per heavy atom. The van der Waals surface area contributed by atoms with Gasteiger partial charge in [0.1, 0.15) is 0 Å². The Bertz CT molecular complexity index is 809. The highest BCUT2D eigenvalue weighted by molar-refractivity contribution is 6.03. The predicted molar refractivity (Wildman–Crippen MR) is 96.1 cm³/mol. The summed E-state index contributed by atoms with van der Waals surface area (Å²) in [7, 11) is 1.78. The Kier molecular flexibility index (Phi) is 4.61. The molecule has 2 N–H and O–H groups in total. The van der Waals surface area contributed by atoms with E-state index in [-0.39, 0.29) is 11.9 Å². The Morgan fingerprint density at radius 3 is 2.33 bits per heavy atom. The molecule has 0 aliphatic carbocycles. The molecule has 1 aromatic heterocycles. The molecule has 3 rings (SSSR count). The molecule has 0 spiro atoms. The minimum Gasteiger partial charge on any atom is -0.379 e. The molecule has 24 heavy (non-hydrogen) atoms. The summed E-state index contributed by atoms with van der Waals surface area (Å²) in [4.78, 5) is 12.1. The second-order valence-corrected chi connectivity index (χ2v) is 5.71. The molecule has 2 aromatic carbocycles. The van der Waals surface area contributed by atoms with E-state index < -0.39 is 0 Å². The third-order valence-corrected chi connectivity index (χ3v) is 3.79. The molecule has 0 saturated heterocycles. The molecule has 5 nitrogen and oxygen atoms in total. The Morgan fingerprint density at radius 2 is 1.71 bits per heavy atom. The Labute approximate surface area is 141 Å². The number of benzene rings is 2. The van der Waals surface area contributed by atoms with E-state index in [9.17, 15) is 4.79 Å². The quantitative estimate of drug-likeness (QED) is 0.751. The lowest BCUT2D eigenvalue weighted by molar-refractivity contribution is 0.102. The molecule has 0 radical (unpaired) electrons. The molecule has 1 amide bonds. The van der Waals surface area contributed by atoms with Crippen LogP contribution in [0.1, 0.15) is 28.9 Å². The number of hydrogen-bond donors (Lipinski definition) is 2. The van der Waals surface area contributed by atoms with Gasteiger partial charge in [0.05, 0.1) is 11.8 Å². The zero-order valence-corrected chi connectivity index (χ0v) is 13.7. The number of rotatable bonds is 5. The van der Waals surface area contributed by atoms with E-state index in [4.69, 9.17) is 0 Å². The van der Waals surface area contributed by atoms with Gasteiger partial charge in [0.15, 0.2) is 0 Å². The van der Waals surface area contributed by atoms with E-state index in [0.29, 0.717) is 5.56 Å². The van der Waals surface area contributed by atoms with Gasteiger partial charge >= 0.3 is 0 Å². The highest BCUT2D eigenvalue weighted by atomic mass is 16.1. The van der Waals surface area contributed by atoms with Crippen LogP contribution in [0.3, 0.4) is 0 Å². The van der Waals surface area contributed by atoms with Crippen LogP contribution in [0.25, 0.3) is 0 Å². The zero-order valence-electron chi connectivity index (χ0n) is 13.7. The van der Waals surface area contributed by atoms with Crippen LogP contribution in [0, 0.1) is 0 Å². The lowest BCUT2D eigenvalue weighted by Crippen LogP contribution is -2.11. The summed E-state index contributed by atoms with van der Waals surface area (Å²) in [6, 6.07) is 18.2. The summed E-state index contributed by atoms with van der Waals surface area (Å²) in [5.74, 6) is -0.165. The minimum atomic E-state index is -0.165. The molecule has 5 heteroatoms. The van der Waals surface area contributed by atoms with Crippen molar-refractivity contribution >= 4 is 17.3 Å². The molecule has 122 valence electrons. The van der Waals surface area contributed by atoms with Crippen LogP contribution in [-0.4, -0.2) is 15.7 Å². The molecule has 0 saturated carbocycles.